The van der Waals surface area contributed by atoms with E-state index in [9.17, 15) is 4.79 Å². The Hall–Kier alpha value is -1.85. The topological polar surface area (TPSA) is 66.9 Å². The SMILES string of the molecule is CCCCNC(=O)c1cc(Nc2cc(Cl)cc(Cl)c2)ncn1. The molecule has 1 aromatic carbocycles. The van der Waals surface area contributed by atoms with Crippen molar-refractivity contribution in [3.8, 4) is 0 Å². The molecule has 0 radical (unpaired) electrons. The lowest BCUT2D eigenvalue weighted by molar-refractivity contribution is 0.0948. The number of unbranched alkanes of at least 4 members (excludes halogenated alkanes) is 1. The third-order valence-corrected chi connectivity index (χ3v) is 3.29. The zero-order valence-corrected chi connectivity index (χ0v) is 13.6. The smallest absolute Gasteiger partial charge is 0.270 e. The van der Waals surface area contributed by atoms with Gasteiger partial charge < -0.3 is 10.6 Å². The lowest BCUT2D eigenvalue weighted by Gasteiger charge is -2.08. The molecule has 0 aliphatic heterocycles. The van der Waals surface area contributed by atoms with Gasteiger partial charge in [0, 0.05) is 28.3 Å². The van der Waals surface area contributed by atoms with Gasteiger partial charge in [0.25, 0.3) is 5.91 Å². The van der Waals surface area contributed by atoms with Crippen LogP contribution in [0.3, 0.4) is 0 Å². The number of hydrogen-bond acceptors (Lipinski definition) is 4. The summed E-state index contributed by atoms with van der Waals surface area (Å²) in [5.74, 6) is 0.275. The second kappa shape index (κ2) is 7.96. The number of carbonyl (C=O) groups excluding carboxylic acids is 1. The van der Waals surface area contributed by atoms with Gasteiger partial charge in [0.05, 0.1) is 0 Å². The van der Waals surface area contributed by atoms with Gasteiger partial charge in [-0.25, -0.2) is 9.97 Å². The number of aromatic nitrogens is 2. The molecule has 2 N–H and O–H groups in total. The predicted octanol–water partition coefficient (Wildman–Crippen LogP) is 4.06. The molecule has 0 unspecified atom stereocenters. The molecule has 0 bridgehead atoms. The lowest BCUT2D eigenvalue weighted by Crippen LogP contribution is -2.25. The van der Waals surface area contributed by atoms with E-state index in [0.29, 0.717) is 33.8 Å². The van der Waals surface area contributed by atoms with E-state index in [1.807, 2.05) is 0 Å². The van der Waals surface area contributed by atoms with Crippen LogP contribution in [0.25, 0.3) is 0 Å². The maximum Gasteiger partial charge on any atom is 0.270 e. The Kier molecular flexibility index (Phi) is 5.98. The molecule has 0 atom stereocenters. The van der Waals surface area contributed by atoms with Gasteiger partial charge >= 0.3 is 0 Å². The third kappa shape index (κ3) is 4.86. The van der Waals surface area contributed by atoms with Crippen LogP contribution in [0.15, 0.2) is 30.6 Å². The van der Waals surface area contributed by atoms with Crippen LogP contribution in [0.5, 0.6) is 0 Å². The van der Waals surface area contributed by atoms with E-state index in [0.717, 1.165) is 12.8 Å². The second-order valence-electron chi connectivity index (χ2n) is 4.68. The van der Waals surface area contributed by atoms with E-state index < -0.39 is 0 Å². The van der Waals surface area contributed by atoms with Gasteiger partial charge in [-0.2, -0.15) is 0 Å². The normalized spacial score (nSPS) is 10.3. The van der Waals surface area contributed by atoms with Crippen molar-refractivity contribution in [3.63, 3.8) is 0 Å². The Labute approximate surface area is 139 Å². The summed E-state index contributed by atoms with van der Waals surface area (Å²) >= 11 is 11.9. The number of amides is 1. The van der Waals surface area contributed by atoms with Crippen LogP contribution in [0, 0.1) is 0 Å². The number of benzene rings is 1. The molecule has 0 fully saturated rings. The van der Waals surface area contributed by atoms with Crippen LogP contribution in [0.4, 0.5) is 11.5 Å². The van der Waals surface area contributed by atoms with Crippen molar-refractivity contribution in [2.75, 3.05) is 11.9 Å². The van der Waals surface area contributed by atoms with Gasteiger partial charge in [0.2, 0.25) is 0 Å². The van der Waals surface area contributed by atoms with Crippen LogP contribution in [0.1, 0.15) is 30.3 Å². The zero-order valence-electron chi connectivity index (χ0n) is 12.1. The Balaban J connectivity index is 2.09. The van der Waals surface area contributed by atoms with Crippen molar-refractivity contribution < 1.29 is 4.79 Å². The first kappa shape index (κ1) is 16.5. The molecule has 0 saturated carbocycles. The molecule has 0 aliphatic carbocycles. The molecule has 0 saturated heterocycles. The Morgan fingerprint density at radius 3 is 2.55 bits per heavy atom. The van der Waals surface area contributed by atoms with Crippen molar-refractivity contribution in [1.82, 2.24) is 15.3 Å². The van der Waals surface area contributed by atoms with Gasteiger partial charge in [-0.15, -0.1) is 0 Å². The molecule has 2 rings (SSSR count). The quantitative estimate of drug-likeness (QED) is 0.779. The summed E-state index contributed by atoms with van der Waals surface area (Å²) in [6.45, 7) is 2.70. The maximum atomic E-state index is 12.0. The molecule has 1 aromatic heterocycles. The van der Waals surface area contributed by atoms with Crippen molar-refractivity contribution in [1.29, 1.82) is 0 Å². The summed E-state index contributed by atoms with van der Waals surface area (Å²) in [4.78, 5) is 20.0. The number of anilines is 2. The van der Waals surface area contributed by atoms with Gasteiger partial charge in [0.1, 0.15) is 17.8 Å². The molecule has 116 valence electrons. The highest BCUT2D eigenvalue weighted by atomic mass is 35.5. The van der Waals surface area contributed by atoms with Crippen molar-refractivity contribution >= 4 is 40.6 Å². The Bertz CT molecular complexity index is 643. The van der Waals surface area contributed by atoms with E-state index in [1.165, 1.54) is 6.33 Å². The van der Waals surface area contributed by atoms with Crippen LogP contribution < -0.4 is 10.6 Å². The minimum Gasteiger partial charge on any atom is -0.351 e. The van der Waals surface area contributed by atoms with E-state index in [2.05, 4.69) is 27.5 Å². The fourth-order valence-corrected chi connectivity index (χ4v) is 2.32. The van der Waals surface area contributed by atoms with E-state index in [1.54, 1.807) is 24.3 Å². The van der Waals surface area contributed by atoms with Gasteiger partial charge in [-0.1, -0.05) is 36.5 Å². The number of halogens is 2. The minimum absolute atomic E-state index is 0.219. The van der Waals surface area contributed by atoms with Gasteiger partial charge in [0.15, 0.2) is 0 Å². The molecular formula is C15H16Cl2N4O. The van der Waals surface area contributed by atoms with Crippen LogP contribution in [-0.4, -0.2) is 22.4 Å². The molecule has 5 nitrogen and oxygen atoms in total. The van der Waals surface area contributed by atoms with E-state index in [-0.39, 0.29) is 5.91 Å². The number of nitrogens with zero attached hydrogens (tertiary/aromatic N) is 2. The van der Waals surface area contributed by atoms with Crippen molar-refractivity contribution in [2.45, 2.75) is 19.8 Å². The summed E-state index contributed by atoms with van der Waals surface area (Å²) in [5.41, 5.74) is 0.996. The highest BCUT2D eigenvalue weighted by Gasteiger charge is 2.08. The summed E-state index contributed by atoms with van der Waals surface area (Å²) in [5, 5.41) is 6.89. The molecule has 7 heteroatoms. The number of nitrogens with one attached hydrogen (secondary N) is 2. The predicted molar refractivity (Wildman–Crippen MR) is 89.0 cm³/mol. The average molecular weight is 339 g/mol. The third-order valence-electron chi connectivity index (χ3n) is 2.85. The number of carbonyl (C=O) groups is 1. The van der Waals surface area contributed by atoms with E-state index >= 15 is 0 Å². The molecule has 1 amide bonds. The molecule has 0 aliphatic rings. The monoisotopic (exact) mass is 338 g/mol. The van der Waals surface area contributed by atoms with Gasteiger partial charge in [-0.05, 0) is 24.6 Å². The van der Waals surface area contributed by atoms with Gasteiger partial charge in [-0.3, -0.25) is 4.79 Å². The lowest BCUT2D eigenvalue weighted by atomic mass is 10.3. The number of rotatable bonds is 6. The first-order chi connectivity index (χ1) is 10.6. The first-order valence-corrected chi connectivity index (χ1v) is 7.67. The molecule has 1 heterocycles. The molecule has 22 heavy (non-hydrogen) atoms. The summed E-state index contributed by atoms with van der Waals surface area (Å²) in [6, 6.07) is 6.66. The van der Waals surface area contributed by atoms with Crippen LogP contribution >= 0.6 is 23.2 Å². The standard InChI is InChI=1S/C15H16Cl2N4O/c1-2-3-4-18-15(22)13-8-14(20-9-19-13)21-12-6-10(16)5-11(17)7-12/h5-9H,2-4H2,1H3,(H,18,22)(H,19,20,21). The Morgan fingerprint density at radius 1 is 1.14 bits per heavy atom. The van der Waals surface area contributed by atoms with E-state index in [4.69, 9.17) is 23.2 Å². The first-order valence-electron chi connectivity index (χ1n) is 6.92. The largest absolute Gasteiger partial charge is 0.351 e. The Morgan fingerprint density at radius 2 is 1.86 bits per heavy atom. The second-order valence-corrected chi connectivity index (χ2v) is 5.55. The summed E-state index contributed by atoms with van der Waals surface area (Å²) in [7, 11) is 0. The van der Waals surface area contributed by atoms with Crippen molar-refractivity contribution in [2.24, 2.45) is 0 Å². The fraction of sp³-hybridized carbons (Fsp3) is 0.267. The number of hydrogen-bond donors (Lipinski definition) is 2. The summed E-state index contributed by atoms with van der Waals surface area (Å²) < 4.78 is 0. The molecule has 0 spiro atoms. The average Bonchev–Trinajstić information content (AvgIpc) is 2.46. The fourth-order valence-electron chi connectivity index (χ4n) is 1.79. The molecule has 2 aromatic rings. The summed E-state index contributed by atoms with van der Waals surface area (Å²) in [6.07, 6.45) is 3.29. The highest BCUT2D eigenvalue weighted by molar-refractivity contribution is 6.35. The van der Waals surface area contributed by atoms with Crippen molar-refractivity contribution in [3.05, 3.63) is 46.3 Å². The van der Waals surface area contributed by atoms with Crippen LogP contribution in [-0.2, 0) is 0 Å². The maximum absolute atomic E-state index is 12.0. The van der Waals surface area contributed by atoms with Crippen LogP contribution in [0.2, 0.25) is 10.0 Å². The zero-order chi connectivity index (χ0) is 15.9. The molecular weight excluding hydrogens is 323 g/mol. The highest BCUT2D eigenvalue weighted by Crippen LogP contribution is 2.24. The minimum atomic E-state index is -0.219.